The van der Waals surface area contributed by atoms with E-state index in [0.717, 1.165) is 24.9 Å². The molecule has 0 radical (unpaired) electrons. The molecular weight excluding hydrogens is 299 g/mol. The molecule has 2 aromatic carbocycles. The lowest BCUT2D eigenvalue weighted by molar-refractivity contribution is 0.242. The van der Waals surface area contributed by atoms with Gasteiger partial charge in [0.1, 0.15) is 5.82 Å². The molecule has 0 atom stereocenters. The van der Waals surface area contributed by atoms with Crippen LogP contribution in [0.1, 0.15) is 29.5 Å². The Morgan fingerprint density at radius 3 is 2.45 bits per heavy atom. The van der Waals surface area contributed by atoms with E-state index in [1.54, 1.807) is 12.1 Å². The monoisotopic (exact) mass is 314 g/mol. The van der Waals surface area contributed by atoms with Crippen molar-refractivity contribution in [2.45, 2.75) is 32.0 Å². The second-order valence-corrected chi connectivity index (χ2v) is 6.05. The zero-order valence-corrected chi connectivity index (χ0v) is 12.9. The average molecular weight is 315 g/mol. The summed E-state index contributed by atoms with van der Waals surface area (Å²) < 4.78 is 14.0. The van der Waals surface area contributed by atoms with E-state index in [-0.39, 0.29) is 5.82 Å². The largest absolute Gasteiger partial charge is 0.292 e. The quantitative estimate of drug-likeness (QED) is 0.811. The molecule has 1 fully saturated rings. The van der Waals surface area contributed by atoms with Crippen LogP contribution in [0.25, 0.3) is 0 Å². The van der Waals surface area contributed by atoms with E-state index in [1.807, 2.05) is 24.3 Å². The number of hydrogen-bond acceptors (Lipinski definition) is 2. The Morgan fingerprint density at radius 2 is 1.86 bits per heavy atom. The van der Waals surface area contributed by atoms with Crippen LogP contribution >= 0.6 is 11.6 Å². The van der Waals surface area contributed by atoms with Gasteiger partial charge in [-0.1, -0.05) is 29.8 Å². The van der Waals surface area contributed by atoms with Crippen molar-refractivity contribution in [2.75, 3.05) is 0 Å². The number of benzene rings is 2. The predicted octanol–water partition coefficient (Wildman–Crippen LogP) is 4.52. The van der Waals surface area contributed by atoms with E-state index >= 15 is 0 Å². The number of nitrogens with zero attached hydrogens (tertiary/aromatic N) is 2. The fraction of sp³-hybridized carbons (Fsp3) is 0.278. The zero-order valence-electron chi connectivity index (χ0n) is 12.1. The highest BCUT2D eigenvalue weighted by Gasteiger charge is 2.30. The summed E-state index contributed by atoms with van der Waals surface area (Å²) in [5.74, 6) is -0.252. The van der Waals surface area contributed by atoms with Crippen molar-refractivity contribution in [2.24, 2.45) is 0 Å². The first-order valence-corrected chi connectivity index (χ1v) is 7.71. The highest BCUT2D eigenvalue weighted by molar-refractivity contribution is 6.31. The Hall–Kier alpha value is -1.89. The molecule has 0 N–H and O–H groups in total. The van der Waals surface area contributed by atoms with Crippen molar-refractivity contribution in [3.8, 4) is 6.07 Å². The molecule has 0 spiro atoms. The van der Waals surface area contributed by atoms with E-state index in [9.17, 15) is 4.39 Å². The first-order chi connectivity index (χ1) is 10.7. The molecule has 1 aliphatic carbocycles. The summed E-state index contributed by atoms with van der Waals surface area (Å²) in [7, 11) is 0. The SMILES string of the molecule is N#Cc1ccc(CN(Cc2c(F)cccc2Cl)C2CC2)cc1. The lowest BCUT2D eigenvalue weighted by Gasteiger charge is -2.23. The molecule has 0 bridgehead atoms. The molecule has 0 saturated heterocycles. The van der Waals surface area contributed by atoms with Gasteiger partial charge in [-0.3, -0.25) is 4.90 Å². The Balaban J connectivity index is 1.77. The van der Waals surface area contributed by atoms with E-state index in [1.165, 1.54) is 6.07 Å². The minimum atomic E-state index is -0.252. The fourth-order valence-electron chi connectivity index (χ4n) is 2.56. The highest BCUT2D eigenvalue weighted by Crippen LogP contribution is 2.31. The third-order valence-corrected chi connectivity index (χ3v) is 4.31. The summed E-state index contributed by atoms with van der Waals surface area (Å²) in [5.41, 5.74) is 2.34. The molecule has 1 saturated carbocycles. The summed E-state index contributed by atoms with van der Waals surface area (Å²) in [5, 5.41) is 9.33. The Labute approximate surface area is 134 Å². The second kappa shape index (κ2) is 6.48. The van der Waals surface area contributed by atoms with Gasteiger partial charge in [0.2, 0.25) is 0 Å². The van der Waals surface area contributed by atoms with E-state index in [0.29, 0.717) is 28.7 Å². The molecule has 4 heteroatoms. The minimum Gasteiger partial charge on any atom is -0.292 e. The van der Waals surface area contributed by atoms with Crippen LogP contribution in [-0.2, 0) is 13.1 Å². The molecule has 22 heavy (non-hydrogen) atoms. The maximum Gasteiger partial charge on any atom is 0.129 e. The average Bonchev–Trinajstić information content (AvgIpc) is 3.35. The number of rotatable bonds is 5. The van der Waals surface area contributed by atoms with Gasteiger partial charge in [0, 0.05) is 29.7 Å². The van der Waals surface area contributed by atoms with Crippen molar-refractivity contribution in [3.63, 3.8) is 0 Å². The predicted molar refractivity (Wildman–Crippen MR) is 84.8 cm³/mol. The van der Waals surface area contributed by atoms with Crippen molar-refractivity contribution < 1.29 is 4.39 Å². The van der Waals surface area contributed by atoms with Crippen LogP contribution < -0.4 is 0 Å². The maximum absolute atomic E-state index is 14.0. The standard InChI is InChI=1S/C18H16ClFN2/c19-17-2-1-3-18(20)16(17)12-22(15-8-9-15)11-14-6-4-13(10-21)5-7-14/h1-7,15H,8-9,11-12H2. The second-order valence-electron chi connectivity index (χ2n) is 5.65. The molecule has 3 rings (SSSR count). The van der Waals surface area contributed by atoms with Crippen LogP contribution in [0.4, 0.5) is 4.39 Å². The van der Waals surface area contributed by atoms with Crippen molar-refractivity contribution in [3.05, 3.63) is 70.0 Å². The first kappa shape index (κ1) is 15.0. The van der Waals surface area contributed by atoms with Gasteiger partial charge in [-0.25, -0.2) is 4.39 Å². The van der Waals surface area contributed by atoms with E-state index in [4.69, 9.17) is 16.9 Å². The Morgan fingerprint density at radius 1 is 1.14 bits per heavy atom. The molecule has 112 valence electrons. The summed E-state index contributed by atoms with van der Waals surface area (Å²) in [6.45, 7) is 1.25. The van der Waals surface area contributed by atoms with Gasteiger partial charge < -0.3 is 0 Å². The summed E-state index contributed by atoms with van der Waals surface area (Å²) >= 11 is 6.14. The van der Waals surface area contributed by atoms with Gasteiger partial charge in [-0.2, -0.15) is 5.26 Å². The fourth-order valence-corrected chi connectivity index (χ4v) is 2.78. The summed E-state index contributed by atoms with van der Waals surface area (Å²) in [6, 6.07) is 15.0. The van der Waals surface area contributed by atoms with Crippen molar-refractivity contribution in [1.82, 2.24) is 4.90 Å². The van der Waals surface area contributed by atoms with Gasteiger partial charge in [0.25, 0.3) is 0 Å². The lowest BCUT2D eigenvalue weighted by Crippen LogP contribution is -2.25. The number of nitriles is 1. The molecular formula is C18H16ClFN2. The molecule has 2 aromatic rings. The minimum absolute atomic E-state index is 0.252. The van der Waals surface area contributed by atoms with Gasteiger partial charge in [0.05, 0.1) is 11.6 Å². The Bertz CT molecular complexity index is 682. The summed E-state index contributed by atoms with van der Waals surface area (Å²) in [4.78, 5) is 2.26. The molecule has 2 nitrogen and oxygen atoms in total. The van der Waals surface area contributed by atoms with E-state index < -0.39 is 0 Å². The molecule has 0 heterocycles. The van der Waals surface area contributed by atoms with Crippen molar-refractivity contribution >= 4 is 11.6 Å². The number of hydrogen-bond donors (Lipinski definition) is 0. The molecule has 0 amide bonds. The van der Waals surface area contributed by atoms with Gasteiger partial charge in [0.15, 0.2) is 0 Å². The van der Waals surface area contributed by atoms with Gasteiger partial charge >= 0.3 is 0 Å². The Kier molecular flexibility index (Phi) is 4.42. The van der Waals surface area contributed by atoms with Crippen LogP contribution in [0.5, 0.6) is 0 Å². The molecule has 1 aliphatic rings. The normalized spacial score (nSPS) is 14.1. The molecule has 0 unspecified atom stereocenters. The number of halogens is 2. The van der Waals surface area contributed by atoms with Gasteiger partial charge in [-0.15, -0.1) is 0 Å². The third-order valence-electron chi connectivity index (χ3n) is 3.95. The maximum atomic E-state index is 14.0. The van der Waals surface area contributed by atoms with E-state index in [2.05, 4.69) is 11.0 Å². The zero-order chi connectivity index (χ0) is 15.5. The topological polar surface area (TPSA) is 27.0 Å². The molecule has 0 aliphatic heterocycles. The van der Waals surface area contributed by atoms with Crippen LogP contribution in [0.3, 0.4) is 0 Å². The third kappa shape index (κ3) is 3.47. The van der Waals surface area contributed by atoms with Crippen LogP contribution in [0, 0.1) is 17.1 Å². The molecule has 0 aromatic heterocycles. The smallest absolute Gasteiger partial charge is 0.129 e. The van der Waals surface area contributed by atoms with Gasteiger partial charge in [-0.05, 0) is 42.7 Å². The first-order valence-electron chi connectivity index (χ1n) is 7.33. The van der Waals surface area contributed by atoms with Crippen LogP contribution in [-0.4, -0.2) is 10.9 Å². The highest BCUT2D eigenvalue weighted by atomic mass is 35.5. The summed E-state index contributed by atoms with van der Waals surface area (Å²) in [6.07, 6.45) is 2.28. The van der Waals surface area contributed by atoms with Crippen LogP contribution in [0.15, 0.2) is 42.5 Å². The van der Waals surface area contributed by atoms with Crippen molar-refractivity contribution in [1.29, 1.82) is 5.26 Å². The lowest BCUT2D eigenvalue weighted by atomic mass is 10.1. The van der Waals surface area contributed by atoms with Crippen LogP contribution in [0.2, 0.25) is 5.02 Å².